The lowest BCUT2D eigenvalue weighted by molar-refractivity contribution is -0.439. The summed E-state index contributed by atoms with van der Waals surface area (Å²) < 4.78 is 190. The minimum atomic E-state index is -7.90. The average Bonchev–Trinajstić information content (AvgIpc) is 2.64. The molecule has 200 valence electrons. The van der Waals surface area contributed by atoms with Crippen molar-refractivity contribution in [1.29, 1.82) is 0 Å². The van der Waals surface area contributed by atoms with Crippen molar-refractivity contribution in [2.75, 3.05) is 19.8 Å². The van der Waals surface area contributed by atoms with Gasteiger partial charge in [-0.25, -0.2) is 0 Å². The van der Waals surface area contributed by atoms with E-state index in [1.165, 1.54) is 20.8 Å². The van der Waals surface area contributed by atoms with Gasteiger partial charge in [0.25, 0.3) is 0 Å². The first-order valence-corrected chi connectivity index (χ1v) is 12.4. The Bertz CT molecular complexity index is 599. The normalized spacial score (nSPS) is 15.6. The molecule has 0 aromatic heterocycles. The molecule has 0 fully saturated rings. The zero-order chi connectivity index (χ0) is 26.6. The zero-order valence-electron chi connectivity index (χ0n) is 17.3. The molecule has 0 rings (SSSR count). The van der Waals surface area contributed by atoms with E-state index in [-0.39, 0.29) is 19.8 Å². The van der Waals surface area contributed by atoms with Gasteiger partial charge < -0.3 is 17.4 Å². The number of hydrogen-bond acceptors (Lipinski definition) is 4. The van der Waals surface area contributed by atoms with Crippen LogP contribution in [0.1, 0.15) is 27.2 Å². The van der Waals surface area contributed by atoms with Crippen molar-refractivity contribution in [3.8, 4) is 0 Å². The largest absolute Gasteiger partial charge is 0.668 e. The van der Waals surface area contributed by atoms with Crippen molar-refractivity contribution in [2.45, 2.75) is 69.0 Å². The van der Waals surface area contributed by atoms with Crippen LogP contribution in [0.5, 0.6) is 0 Å². The van der Waals surface area contributed by atoms with Crippen LogP contribution in [0.15, 0.2) is 0 Å². The van der Waals surface area contributed by atoms with Crippen LogP contribution in [-0.4, -0.2) is 74.4 Å². The van der Waals surface area contributed by atoms with Gasteiger partial charge in [-0.1, -0.05) is 0 Å². The molecular formula is C14H21F13O4Si2. The molecule has 19 heteroatoms. The summed E-state index contributed by atoms with van der Waals surface area (Å²) in [5.74, 6) is -36.8. The fourth-order valence-corrected chi connectivity index (χ4v) is 6.71. The molecule has 33 heavy (non-hydrogen) atoms. The summed E-state index contributed by atoms with van der Waals surface area (Å²) in [4.78, 5) is 0. The highest BCUT2D eigenvalue weighted by atomic mass is 28.4. The number of alkyl halides is 13. The van der Waals surface area contributed by atoms with Crippen LogP contribution in [-0.2, 0) is 17.4 Å². The van der Waals surface area contributed by atoms with Gasteiger partial charge in [0.1, 0.15) is 0 Å². The van der Waals surface area contributed by atoms with Crippen molar-refractivity contribution in [2.24, 2.45) is 0 Å². The molecule has 0 spiro atoms. The molecule has 0 aromatic rings. The van der Waals surface area contributed by atoms with Gasteiger partial charge in [-0.15, -0.1) is 0 Å². The van der Waals surface area contributed by atoms with E-state index >= 15 is 0 Å². The molecule has 0 aliphatic heterocycles. The lowest BCUT2D eigenvalue weighted by Crippen LogP contribution is -2.70. The van der Waals surface area contributed by atoms with Gasteiger partial charge in [0, 0.05) is 26.2 Å². The summed E-state index contributed by atoms with van der Waals surface area (Å²) in [5, 5.41) is 0. The smallest absolute Gasteiger partial charge is 0.400 e. The molecule has 0 atom stereocenters. The molecule has 0 saturated heterocycles. The predicted molar refractivity (Wildman–Crippen MR) is 90.5 cm³/mol. The van der Waals surface area contributed by atoms with Crippen LogP contribution < -0.4 is 0 Å². The Morgan fingerprint density at radius 2 is 0.939 bits per heavy atom. The molecule has 0 aliphatic carbocycles. The van der Waals surface area contributed by atoms with Gasteiger partial charge in [-0.3, -0.25) is 0 Å². The Hall–Kier alpha value is -0.636. The predicted octanol–water partition coefficient (Wildman–Crippen LogP) is 5.18. The molecule has 0 radical (unpaired) electrons. The Morgan fingerprint density at radius 3 is 1.27 bits per heavy atom. The summed E-state index contributed by atoms with van der Waals surface area (Å²) in [6.45, 7) is 4.17. The second kappa shape index (κ2) is 11.0. The number of hydrogen-bond donors (Lipinski definition) is 0. The molecular weight excluding hydrogens is 535 g/mol. The van der Waals surface area contributed by atoms with Crippen LogP contribution >= 0.6 is 0 Å². The molecule has 4 nitrogen and oxygen atoms in total. The summed E-state index contributed by atoms with van der Waals surface area (Å²) in [6.07, 6.45) is -9.73. The lowest BCUT2D eigenvalue weighted by atomic mass is 9.93. The Balaban J connectivity index is 5.63. The van der Waals surface area contributed by atoms with Crippen molar-refractivity contribution in [1.82, 2.24) is 0 Å². The standard InChI is InChI=1S/C14H21F13O4Si2/c1-4-28-33(29-5-2,30-6-3)31-32-8-7-9(15,16)10(17,18)11(19,20)12(21,22)13(23,24)14(25,26)27/h4-8,32H2,1-3H3. The minimum Gasteiger partial charge on any atom is -0.400 e. The summed E-state index contributed by atoms with van der Waals surface area (Å²) in [7, 11) is -6.32. The first-order valence-electron chi connectivity index (χ1n) is 9.15. The summed E-state index contributed by atoms with van der Waals surface area (Å²) in [6, 6.07) is -1.14. The van der Waals surface area contributed by atoms with Crippen LogP contribution in [0, 0.1) is 0 Å². The van der Waals surface area contributed by atoms with Gasteiger partial charge in [-0.2, -0.15) is 57.1 Å². The molecule has 0 unspecified atom stereocenters. The lowest BCUT2D eigenvalue weighted by Gasteiger charge is -2.39. The monoisotopic (exact) mass is 556 g/mol. The highest BCUT2D eigenvalue weighted by Crippen LogP contribution is 2.60. The fourth-order valence-electron chi connectivity index (χ4n) is 2.23. The molecule has 0 bridgehead atoms. The molecule has 0 aromatic carbocycles. The third kappa shape index (κ3) is 6.33. The van der Waals surface area contributed by atoms with Crippen molar-refractivity contribution in [3.63, 3.8) is 0 Å². The maximum absolute atomic E-state index is 13.8. The molecule has 0 saturated carbocycles. The zero-order valence-corrected chi connectivity index (χ0v) is 19.7. The average molecular weight is 556 g/mol. The molecule has 0 aliphatic rings. The third-order valence-corrected chi connectivity index (χ3v) is 8.68. The van der Waals surface area contributed by atoms with E-state index < -0.39 is 67.1 Å². The van der Waals surface area contributed by atoms with Gasteiger partial charge in [0.2, 0.25) is 0 Å². The van der Waals surface area contributed by atoms with Crippen LogP contribution in [0.2, 0.25) is 6.04 Å². The Kier molecular flexibility index (Phi) is 10.7. The van der Waals surface area contributed by atoms with Crippen LogP contribution in [0.25, 0.3) is 0 Å². The Labute approximate surface area is 183 Å². The topological polar surface area (TPSA) is 36.9 Å². The minimum absolute atomic E-state index is 0.0659. The van der Waals surface area contributed by atoms with E-state index in [0.29, 0.717) is 0 Å². The molecule has 0 heterocycles. The summed E-state index contributed by atoms with van der Waals surface area (Å²) in [5.41, 5.74) is 0. The first-order chi connectivity index (χ1) is 14.6. The van der Waals surface area contributed by atoms with E-state index in [1.807, 2.05) is 0 Å². The van der Waals surface area contributed by atoms with Crippen molar-refractivity contribution in [3.05, 3.63) is 0 Å². The third-order valence-electron chi connectivity index (χ3n) is 3.88. The molecule has 0 amide bonds. The van der Waals surface area contributed by atoms with E-state index in [1.54, 1.807) is 0 Å². The van der Waals surface area contributed by atoms with Crippen LogP contribution in [0.4, 0.5) is 57.1 Å². The van der Waals surface area contributed by atoms with Crippen LogP contribution in [0.3, 0.4) is 0 Å². The SMILES string of the molecule is CCO[Si](OCC)(OCC)O[SiH2]CCC(F)(F)C(F)(F)C(F)(F)C(F)(F)C(F)(F)C(F)(F)F. The Morgan fingerprint density at radius 1 is 0.576 bits per heavy atom. The highest BCUT2D eigenvalue weighted by Gasteiger charge is 2.90. The van der Waals surface area contributed by atoms with Crippen molar-refractivity contribution < 1.29 is 74.5 Å². The van der Waals surface area contributed by atoms with Gasteiger partial charge in [-0.05, 0) is 26.8 Å². The number of halogens is 13. The van der Waals surface area contributed by atoms with Gasteiger partial charge in [0.05, 0.1) is 0 Å². The second-order valence-corrected chi connectivity index (χ2v) is 10.4. The van der Waals surface area contributed by atoms with Crippen molar-refractivity contribution >= 4 is 18.8 Å². The second-order valence-electron chi connectivity index (χ2n) is 6.25. The maximum Gasteiger partial charge on any atom is 0.668 e. The van der Waals surface area contributed by atoms with E-state index in [2.05, 4.69) is 0 Å². The van der Waals surface area contributed by atoms with E-state index in [0.717, 1.165) is 0 Å². The quantitative estimate of drug-likeness (QED) is 0.158. The molecule has 0 N–H and O–H groups in total. The fraction of sp³-hybridized carbons (Fsp3) is 1.00. The van der Waals surface area contributed by atoms with Gasteiger partial charge in [0.15, 0.2) is 9.76 Å². The summed E-state index contributed by atoms with van der Waals surface area (Å²) >= 11 is 0. The van der Waals surface area contributed by atoms with Gasteiger partial charge >= 0.3 is 44.8 Å². The highest BCUT2D eigenvalue weighted by molar-refractivity contribution is 6.60. The van der Waals surface area contributed by atoms with E-state index in [4.69, 9.17) is 17.4 Å². The number of rotatable bonds is 15. The first kappa shape index (κ1) is 32.4. The maximum atomic E-state index is 13.8. The van der Waals surface area contributed by atoms with E-state index in [9.17, 15) is 57.1 Å².